The molecule has 1 N–H and O–H groups in total. The number of amides is 1. The first-order valence-corrected chi connectivity index (χ1v) is 10.0. The van der Waals surface area contributed by atoms with Gasteiger partial charge in [-0.25, -0.2) is 0 Å². The topological polar surface area (TPSA) is 56.1 Å². The maximum absolute atomic E-state index is 12.7. The Morgan fingerprint density at radius 1 is 1.11 bits per heavy atom. The molecule has 4 heteroatoms. The number of benzene rings is 2. The van der Waals surface area contributed by atoms with Gasteiger partial charge >= 0.3 is 0 Å². The highest BCUT2D eigenvalue weighted by Gasteiger charge is 2.20. The molecule has 1 unspecified atom stereocenters. The Balaban J connectivity index is 1.48. The highest BCUT2D eigenvalue weighted by atomic mass is 16.1. The van der Waals surface area contributed by atoms with E-state index in [1.54, 1.807) is 6.20 Å². The van der Waals surface area contributed by atoms with Gasteiger partial charge < -0.3 is 10.2 Å². The third kappa shape index (κ3) is 3.66. The monoisotopic (exact) mass is 371 g/mol. The maximum atomic E-state index is 12.7. The molecule has 2 aromatic carbocycles. The van der Waals surface area contributed by atoms with E-state index >= 15 is 0 Å². The van der Waals surface area contributed by atoms with Gasteiger partial charge in [0, 0.05) is 18.4 Å². The molecule has 1 aliphatic carbocycles. The third-order valence-electron chi connectivity index (χ3n) is 5.79. The Morgan fingerprint density at radius 3 is 2.71 bits per heavy atom. The predicted molar refractivity (Wildman–Crippen MR) is 111 cm³/mol. The Bertz CT molecular complexity index is 970. The molecule has 0 fully saturated rings. The van der Waals surface area contributed by atoms with Crippen LogP contribution in [0.3, 0.4) is 0 Å². The van der Waals surface area contributed by atoms with Crippen LogP contribution in [-0.4, -0.2) is 12.5 Å². The van der Waals surface area contributed by atoms with E-state index in [-0.39, 0.29) is 17.5 Å². The number of fused-ring (bicyclic) bond motifs is 2. The van der Waals surface area contributed by atoms with Gasteiger partial charge in [-0.05, 0) is 67.3 Å². The smallest absolute Gasteiger partial charge is 0.263 e. The van der Waals surface area contributed by atoms with Gasteiger partial charge in [0.25, 0.3) is 5.91 Å². The summed E-state index contributed by atoms with van der Waals surface area (Å²) in [6.07, 6.45) is 7.36. The molecule has 0 spiro atoms. The van der Waals surface area contributed by atoms with Crippen molar-refractivity contribution in [1.82, 2.24) is 5.32 Å². The Labute approximate surface area is 166 Å². The van der Waals surface area contributed by atoms with Crippen LogP contribution in [0.15, 0.2) is 54.2 Å². The number of hydrogen-bond acceptors (Lipinski definition) is 3. The zero-order chi connectivity index (χ0) is 19.5. The minimum Gasteiger partial charge on any atom is -0.346 e. The van der Waals surface area contributed by atoms with Crippen LogP contribution in [0.2, 0.25) is 0 Å². The van der Waals surface area contributed by atoms with Crippen LogP contribution < -0.4 is 10.2 Å². The second-order valence-electron chi connectivity index (χ2n) is 7.66. The molecule has 0 radical (unpaired) electrons. The van der Waals surface area contributed by atoms with Crippen LogP contribution in [0.4, 0.5) is 5.69 Å². The van der Waals surface area contributed by atoms with Gasteiger partial charge in [-0.3, -0.25) is 4.79 Å². The number of rotatable bonds is 4. The fourth-order valence-electron chi connectivity index (χ4n) is 4.17. The second-order valence-corrected chi connectivity index (χ2v) is 7.66. The summed E-state index contributed by atoms with van der Waals surface area (Å²) >= 11 is 0. The fraction of sp³-hybridized carbons (Fsp3) is 0.333. The lowest BCUT2D eigenvalue weighted by Gasteiger charge is -2.20. The van der Waals surface area contributed by atoms with E-state index < -0.39 is 0 Å². The standard InChI is InChI=1S/C24H25N3O/c1-17(20-11-10-18-6-2-3-8-21(18)14-20)26-24(28)22(15-25)16-27-13-12-19-7-4-5-9-23(19)27/h4-5,7,9-11,14,16-17H,2-3,6,8,12-13H2,1H3,(H,26,28)/b22-16-. The molecule has 4 nitrogen and oxygen atoms in total. The second kappa shape index (κ2) is 7.90. The van der Waals surface area contributed by atoms with Gasteiger partial charge in [-0.2, -0.15) is 5.26 Å². The number of nitriles is 1. The van der Waals surface area contributed by atoms with Crippen LogP contribution in [0.1, 0.15) is 48.1 Å². The Kier molecular flexibility index (Phi) is 5.16. The Hall–Kier alpha value is -3.06. The van der Waals surface area contributed by atoms with E-state index in [1.165, 1.54) is 29.5 Å². The molecular formula is C24H25N3O. The van der Waals surface area contributed by atoms with Crippen molar-refractivity contribution in [3.05, 3.63) is 76.5 Å². The van der Waals surface area contributed by atoms with Gasteiger partial charge in [0.05, 0.1) is 6.04 Å². The van der Waals surface area contributed by atoms with E-state index in [9.17, 15) is 10.1 Å². The molecule has 2 aliphatic rings. The van der Waals surface area contributed by atoms with Crippen LogP contribution in [-0.2, 0) is 24.1 Å². The van der Waals surface area contributed by atoms with Gasteiger partial charge in [-0.15, -0.1) is 0 Å². The number of nitrogens with zero attached hydrogens (tertiary/aromatic N) is 2. The molecule has 0 aromatic heterocycles. The summed E-state index contributed by atoms with van der Waals surface area (Å²) in [7, 11) is 0. The van der Waals surface area contributed by atoms with Gasteiger partial charge in [0.2, 0.25) is 0 Å². The lowest BCUT2D eigenvalue weighted by molar-refractivity contribution is -0.117. The zero-order valence-electron chi connectivity index (χ0n) is 16.2. The van der Waals surface area contributed by atoms with E-state index in [0.29, 0.717) is 0 Å². The summed E-state index contributed by atoms with van der Waals surface area (Å²) in [4.78, 5) is 14.7. The summed E-state index contributed by atoms with van der Waals surface area (Å²) in [5.74, 6) is -0.322. The molecule has 1 atom stereocenters. The first kappa shape index (κ1) is 18.3. The largest absolute Gasteiger partial charge is 0.346 e. The lowest BCUT2D eigenvalue weighted by Crippen LogP contribution is -2.29. The number of aryl methyl sites for hydroxylation is 2. The van der Waals surface area contributed by atoms with Gasteiger partial charge in [0.15, 0.2) is 0 Å². The summed E-state index contributed by atoms with van der Waals surface area (Å²) in [5, 5.41) is 12.5. The third-order valence-corrected chi connectivity index (χ3v) is 5.79. The molecule has 2 aromatic rings. The molecule has 1 heterocycles. The van der Waals surface area contributed by atoms with Crippen molar-refractivity contribution in [2.75, 3.05) is 11.4 Å². The molecule has 4 rings (SSSR count). The number of carbonyl (C=O) groups is 1. The Morgan fingerprint density at radius 2 is 1.89 bits per heavy atom. The average Bonchev–Trinajstić information content (AvgIpc) is 3.14. The molecule has 142 valence electrons. The van der Waals surface area contributed by atoms with Crippen LogP contribution in [0.25, 0.3) is 0 Å². The predicted octanol–water partition coefficient (Wildman–Crippen LogP) is 4.21. The highest BCUT2D eigenvalue weighted by molar-refractivity contribution is 5.98. The van der Waals surface area contributed by atoms with Crippen molar-refractivity contribution in [2.45, 2.75) is 45.1 Å². The lowest BCUT2D eigenvalue weighted by atomic mass is 9.89. The van der Waals surface area contributed by atoms with Crippen molar-refractivity contribution in [1.29, 1.82) is 5.26 Å². The molecule has 0 saturated heterocycles. The van der Waals surface area contributed by atoms with E-state index in [2.05, 4.69) is 35.7 Å². The zero-order valence-corrected chi connectivity index (χ0v) is 16.2. The molecule has 28 heavy (non-hydrogen) atoms. The van der Waals surface area contributed by atoms with E-state index in [4.69, 9.17) is 0 Å². The summed E-state index contributed by atoms with van der Waals surface area (Å²) in [6, 6.07) is 16.6. The number of hydrogen-bond donors (Lipinski definition) is 1. The molecule has 1 amide bonds. The number of carbonyl (C=O) groups excluding carboxylic acids is 1. The first-order valence-electron chi connectivity index (χ1n) is 10.0. The van der Waals surface area contributed by atoms with Crippen molar-refractivity contribution in [3.63, 3.8) is 0 Å². The summed E-state index contributed by atoms with van der Waals surface area (Å²) in [6.45, 7) is 2.76. The van der Waals surface area contributed by atoms with Crippen molar-refractivity contribution in [2.24, 2.45) is 0 Å². The maximum Gasteiger partial charge on any atom is 0.263 e. The molecule has 1 aliphatic heterocycles. The van der Waals surface area contributed by atoms with Gasteiger partial charge in [-0.1, -0.05) is 36.4 Å². The molecule has 0 bridgehead atoms. The van der Waals surface area contributed by atoms with E-state index in [1.807, 2.05) is 30.0 Å². The van der Waals surface area contributed by atoms with E-state index in [0.717, 1.165) is 37.1 Å². The normalized spacial score (nSPS) is 16.7. The molecule has 0 saturated carbocycles. The fourth-order valence-corrected chi connectivity index (χ4v) is 4.17. The van der Waals surface area contributed by atoms with Crippen molar-refractivity contribution in [3.8, 4) is 6.07 Å². The number of nitrogens with one attached hydrogen (secondary N) is 1. The highest BCUT2D eigenvalue weighted by Crippen LogP contribution is 2.28. The van der Waals surface area contributed by atoms with Crippen molar-refractivity contribution < 1.29 is 4.79 Å². The van der Waals surface area contributed by atoms with Crippen LogP contribution >= 0.6 is 0 Å². The quantitative estimate of drug-likeness (QED) is 0.647. The summed E-state index contributed by atoms with van der Waals surface area (Å²) < 4.78 is 0. The van der Waals surface area contributed by atoms with Crippen molar-refractivity contribution >= 4 is 11.6 Å². The molecular weight excluding hydrogens is 346 g/mol. The van der Waals surface area contributed by atoms with Crippen LogP contribution in [0, 0.1) is 11.3 Å². The van der Waals surface area contributed by atoms with Gasteiger partial charge in [0.1, 0.15) is 11.6 Å². The summed E-state index contributed by atoms with van der Waals surface area (Å²) in [5.41, 5.74) is 6.39. The minimum atomic E-state index is -0.322. The average molecular weight is 371 g/mol. The number of anilines is 1. The number of para-hydroxylation sites is 1. The van der Waals surface area contributed by atoms with Crippen LogP contribution in [0.5, 0.6) is 0 Å². The SMILES string of the molecule is CC(NC(=O)/C(C#N)=C\N1CCc2ccccc21)c1ccc2c(c1)CCCC2. The minimum absolute atomic E-state index is 0.137. The first-order chi connectivity index (χ1) is 13.7.